The Hall–Kier alpha value is -0.280. The van der Waals surface area contributed by atoms with Gasteiger partial charge in [-0.15, -0.1) is 0 Å². The molecular formula is C32H67NO6. The topological polar surface area (TPSA) is 58.6 Å². The lowest BCUT2D eigenvalue weighted by Crippen LogP contribution is -2.35. The largest absolute Gasteiger partial charge is 0.379 e. The summed E-state index contributed by atoms with van der Waals surface area (Å²) in [5.74, 6) is -0.620. The Kier molecular flexibility index (Phi) is 29.0. The highest BCUT2D eigenvalue weighted by atomic mass is 16.7. The lowest BCUT2D eigenvalue weighted by atomic mass is 10.0. The fourth-order valence-electron chi connectivity index (χ4n) is 4.36. The fraction of sp³-hybridized carbons (Fsp3) is 1.00. The van der Waals surface area contributed by atoms with Crippen LogP contribution in [-0.4, -0.2) is 97.9 Å². The number of methoxy groups -OCH3 is 2. The van der Waals surface area contributed by atoms with Crippen molar-refractivity contribution in [1.29, 1.82) is 0 Å². The molecule has 0 amide bonds. The van der Waals surface area contributed by atoms with Crippen molar-refractivity contribution >= 4 is 0 Å². The zero-order chi connectivity index (χ0) is 28.9. The predicted octanol–water partition coefficient (Wildman–Crippen LogP) is 7.25. The van der Waals surface area contributed by atoms with Gasteiger partial charge >= 0.3 is 0 Å². The smallest absolute Gasteiger partial charge is 0.188 e. The molecule has 0 aliphatic carbocycles. The van der Waals surface area contributed by atoms with Gasteiger partial charge in [-0.1, -0.05) is 84.0 Å². The minimum Gasteiger partial charge on any atom is -0.379 e. The van der Waals surface area contributed by atoms with Crippen LogP contribution in [0.1, 0.15) is 117 Å². The van der Waals surface area contributed by atoms with E-state index in [1.807, 2.05) is 6.92 Å². The summed E-state index contributed by atoms with van der Waals surface area (Å²) >= 11 is 0. The van der Waals surface area contributed by atoms with E-state index in [1.165, 1.54) is 83.5 Å². The number of likely N-dealkylation sites (N-methyl/N-ethyl adjacent to an activating group) is 1. The third kappa shape index (κ3) is 27.7. The van der Waals surface area contributed by atoms with Crippen molar-refractivity contribution in [3.8, 4) is 0 Å². The molecular weight excluding hydrogens is 494 g/mol. The normalized spacial score (nSPS) is 13.0. The van der Waals surface area contributed by atoms with E-state index in [1.54, 1.807) is 14.2 Å². The van der Waals surface area contributed by atoms with E-state index in [0.717, 1.165) is 52.2 Å². The second kappa shape index (κ2) is 29.2. The number of nitrogens with zero attached hydrogens (tertiary/aromatic N) is 1. The molecule has 1 unspecified atom stereocenters. The Bertz CT molecular complexity index is 476. The van der Waals surface area contributed by atoms with Gasteiger partial charge in [0, 0.05) is 40.6 Å². The molecule has 0 saturated heterocycles. The van der Waals surface area contributed by atoms with Crippen LogP contribution in [-0.2, 0) is 28.4 Å². The molecule has 236 valence electrons. The van der Waals surface area contributed by atoms with Crippen LogP contribution in [0.5, 0.6) is 0 Å². The van der Waals surface area contributed by atoms with Gasteiger partial charge in [-0.05, 0) is 46.7 Å². The molecule has 0 aromatic carbocycles. The van der Waals surface area contributed by atoms with Crippen LogP contribution in [0.3, 0.4) is 0 Å². The van der Waals surface area contributed by atoms with Crippen molar-refractivity contribution in [2.24, 2.45) is 0 Å². The van der Waals surface area contributed by atoms with Crippen LogP contribution in [0, 0.1) is 0 Å². The monoisotopic (exact) mass is 561 g/mol. The van der Waals surface area contributed by atoms with Crippen LogP contribution in [0.4, 0.5) is 0 Å². The molecule has 7 nitrogen and oxygen atoms in total. The lowest BCUT2D eigenvalue weighted by Gasteiger charge is -2.25. The lowest BCUT2D eigenvalue weighted by molar-refractivity contribution is -0.222. The summed E-state index contributed by atoms with van der Waals surface area (Å²) in [6.45, 7) is 10.0. The average molecular weight is 562 g/mol. The standard InChI is InChI=1S/C32H67NO6/c1-7-31(39-26-21-25-36-28-29-37-27-23-33(3)4)22-19-17-15-13-11-9-8-10-12-14-16-18-20-24-38-30-32(2,34-5)35-6/h31H,7-30H2,1-6H3. The van der Waals surface area contributed by atoms with Crippen LogP contribution in [0.2, 0.25) is 0 Å². The Morgan fingerprint density at radius 2 is 1.05 bits per heavy atom. The highest BCUT2D eigenvalue weighted by Crippen LogP contribution is 2.15. The number of hydrogen-bond acceptors (Lipinski definition) is 7. The van der Waals surface area contributed by atoms with Crippen molar-refractivity contribution < 1.29 is 28.4 Å². The summed E-state index contributed by atoms with van der Waals surface area (Å²) in [7, 11) is 7.42. The number of unbranched alkanes of at least 4 members (excludes halogenated alkanes) is 12. The molecule has 7 heteroatoms. The molecule has 0 bridgehead atoms. The maximum absolute atomic E-state index is 6.08. The molecule has 0 aliphatic rings. The second-order valence-electron chi connectivity index (χ2n) is 11.3. The third-order valence-electron chi connectivity index (χ3n) is 7.34. The molecule has 0 aromatic rings. The molecule has 39 heavy (non-hydrogen) atoms. The Balaban J connectivity index is 3.32. The van der Waals surface area contributed by atoms with E-state index >= 15 is 0 Å². The zero-order valence-corrected chi connectivity index (χ0v) is 26.9. The summed E-state index contributed by atoms with van der Waals surface area (Å²) in [6.07, 6.45) is 21.1. The highest BCUT2D eigenvalue weighted by molar-refractivity contribution is 4.60. The van der Waals surface area contributed by atoms with Gasteiger partial charge in [0.25, 0.3) is 0 Å². The van der Waals surface area contributed by atoms with Crippen LogP contribution >= 0.6 is 0 Å². The van der Waals surface area contributed by atoms with Gasteiger partial charge in [0.15, 0.2) is 5.79 Å². The molecule has 0 spiro atoms. The maximum Gasteiger partial charge on any atom is 0.188 e. The molecule has 0 rings (SSSR count). The van der Waals surface area contributed by atoms with E-state index in [-0.39, 0.29) is 0 Å². The Morgan fingerprint density at radius 3 is 1.56 bits per heavy atom. The minimum atomic E-state index is -0.620. The fourth-order valence-corrected chi connectivity index (χ4v) is 4.36. The molecule has 0 radical (unpaired) electrons. The predicted molar refractivity (Wildman–Crippen MR) is 163 cm³/mol. The van der Waals surface area contributed by atoms with Crippen LogP contribution in [0.15, 0.2) is 0 Å². The number of ether oxygens (including phenoxy) is 6. The van der Waals surface area contributed by atoms with Gasteiger partial charge in [-0.25, -0.2) is 0 Å². The molecule has 0 fully saturated rings. The maximum atomic E-state index is 6.08. The summed E-state index contributed by atoms with van der Waals surface area (Å²) in [6, 6.07) is 0. The molecule has 0 aliphatic heterocycles. The Labute approximate surface area is 242 Å². The van der Waals surface area contributed by atoms with Crippen LogP contribution < -0.4 is 0 Å². The number of hydrogen-bond donors (Lipinski definition) is 0. The summed E-state index contributed by atoms with van der Waals surface area (Å²) < 4.78 is 33.5. The first kappa shape index (κ1) is 38.7. The molecule has 0 aromatic heterocycles. The first-order chi connectivity index (χ1) is 19.0. The van der Waals surface area contributed by atoms with E-state index in [4.69, 9.17) is 28.4 Å². The number of rotatable bonds is 32. The average Bonchev–Trinajstić information content (AvgIpc) is 2.94. The van der Waals surface area contributed by atoms with Crippen LogP contribution in [0.25, 0.3) is 0 Å². The third-order valence-corrected chi connectivity index (χ3v) is 7.34. The van der Waals surface area contributed by atoms with Gasteiger partial charge in [-0.3, -0.25) is 0 Å². The van der Waals surface area contributed by atoms with Crippen molar-refractivity contribution in [2.45, 2.75) is 128 Å². The quantitative estimate of drug-likeness (QED) is 0.0633. The minimum absolute atomic E-state index is 0.411. The van der Waals surface area contributed by atoms with Gasteiger partial charge in [0.1, 0.15) is 6.61 Å². The van der Waals surface area contributed by atoms with Gasteiger partial charge in [0.2, 0.25) is 0 Å². The zero-order valence-electron chi connectivity index (χ0n) is 26.9. The van der Waals surface area contributed by atoms with E-state index in [2.05, 4.69) is 25.9 Å². The molecule has 0 N–H and O–H groups in total. The summed E-state index contributed by atoms with van der Waals surface area (Å²) in [5.41, 5.74) is 0. The SMILES string of the molecule is CCC(CCCCCCCCCCCCCCCOCC(C)(OC)OC)OCCCOCCOCCN(C)C. The van der Waals surface area contributed by atoms with Gasteiger partial charge < -0.3 is 33.3 Å². The first-order valence-electron chi connectivity index (χ1n) is 16.1. The van der Waals surface area contributed by atoms with Gasteiger partial charge in [-0.2, -0.15) is 0 Å². The van der Waals surface area contributed by atoms with E-state index in [0.29, 0.717) is 25.9 Å². The first-order valence-corrected chi connectivity index (χ1v) is 16.1. The molecule has 1 atom stereocenters. The summed E-state index contributed by atoms with van der Waals surface area (Å²) in [5, 5.41) is 0. The second-order valence-corrected chi connectivity index (χ2v) is 11.3. The van der Waals surface area contributed by atoms with E-state index in [9.17, 15) is 0 Å². The van der Waals surface area contributed by atoms with Crippen molar-refractivity contribution in [1.82, 2.24) is 4.90 Å². The van der Waals surface area contributed by atoms with Crippen molar-refractivity contribution in [3.05, 3.63) is 0 Å². The summed E-state index contributed by atoms with van der Waals surface area (Å²) in [4.78, 5) is 2.12. The van der Waals surface area contributed by atoms with Crippen molar-refractivity contribution in [2.75, 3.05) is 81.1 Å². The van der Waals surface area contributed by atoms with Crippen molar-refractivity contribution in [3.63, 3.8) is 0 Å². The molecule has 0 saturated carbocycles. The molecule has 0 heterocycles. The highest BCUT2D eigenvalue weighted by Gasteiger charge is 2.22. The van der Waals surface area contributed by atoms with E-state index < -0.39 is 5.79 Å². The van der Waals surface area contributed by atoms with Gasteiger partial charge in [0.05, 0.1) is 25.9 Å². The Morgan fingerprint density at radius 1 is 0.564 bits per heavy atom.